The summed E-state index contributed by atoms with van der Waals surface area (Å²) in [6.45, 7) is 7.56. The maximum absolute atomic E-state index is 12.7. The zero-order valence-corrected chi connectivity index (χ0v) is 15.3. The van der Waals surface area contributed by atoms with E-state index in [0.29, 0.717) is 44.8 Å². The van der Waals surface area contributed by atoms with Gasteiger partial charge in [-0.05, 0) is 38.1 Å². The van der Waals surface area contributed by atoms with Crippen LogP contribution >= 0.6 is 0 Å². The summed E-state index contributed by atoms with van der Waals surface area (Å²) in [5, 5.41) is 2.80. The number of benzene rings is 1. The highest BCUT2D eigenvalue weighted by atomic mass is 16.3. The first-order valence-electron chi connectivity index (χ1n) is 9.02. The summed E-state index contributed by atoms with van der Waals surface area (Å²) in [6.07, 6.45) is 0. The molecular weight excluding hydrogens is 330 g/mol. The van der Waals surface area contributed by atoms with Crippen LogP contribution in [0.25, 0.3) is 11.3 Å². The van der Waals surface area contributed by atoms with E-state index in [4.69, 9.17) is 4.42 Å². The van der Waals surface area contributed by atoms with Gasteiger partial charge in [-0.2, -0.15) is 0 Å². The molecule has 0 radical (unpaired) electrons. The number of carbonyl (C=O) groups excluding carboxylic acids is 2. The van der Waals surface area contributed by atoms with Gasteiger partial charge in [0.25, 0.3) is 5.91 Å². The molecule has 1 aromatic heterocycles. The molecule has 2 heterocycles. The maximum atomic E-state index is 12.7. The normalized spacial score (nSPS) is 15.1. The lowest BCUT2D eigenvalue weighted by Gasteiger charge is -2.34. The number of aryl methyl sites for hydroxylation is 1. The molecule has 26 heavy (non-hydrogen) atoms. The van der Waals surface area contributed by atoms with E-state index in [0.717, 1.165) is 17.1 Å². The fourth-order valence-corrected chi connectivity index (χ4v) is 3.11. The molecule has 6 heteroatoms. The predicted octanol–water partition coefficient (Wildman–Crippen LogP) is 2.15. The number of hydrogen-bond acceptors (Lipinski definition) is 4. The van der Waals surface area contributed by atoms with Crippen LogP contribution in [0.15, 0.2) is 40.8 Å². The lowest BCUT2D eigenvalue weighted by molar-refractivity contribution is -0.122. The molecule has 0 saturated carbocycles. The average molecular weight is 355 g/mol. The maximum Gasteiger partial charge on any atom is 0.253 e. The number of furan rings is 1. The first-order chi connectivity index (χ1) is 12.6. The van der Waals surface area contributed by atoms with Crippen LogP contribution in [-0.4, -0.2) is 60.9 Å². The quantitative estimate of drug-likeness (QED) is 0.892. The Hall–Kier alpha value is -2.60. The Kier molecular flexibility index (Phi) is 5.73. The highest BCUT2D eigenvalue weighted by Crippen LogP contribution is 2.22. The summed E-state index contributed by atoms with van der Waals surface area (Å²) in [5.41, 5.74) is 1.63. The Bertz CT molecular complexity index is 759. The lowest BCUT2D eigenvalue weighted by atomic mass is 10.1. The van der Waals surface area contributed by atoms with E-state index in [1.165, 1.54) is 0 Å². The zero-order chi connectivity index (χ0) is 18.5. The minimum atomic E-state index is 0.0323. The molecule has 0 spiro atoms. The molecule has 0 bridgehead atoms. The monoisotopic (exact) mass is 355 g/mol. The predicted molar refractivity (Wildman–Crippen MR) is 99.9 cm³/mol. The number of hydrogen-bond donors (Lipinski definition) is 1. The topological polar surface area (TPSA) is 65.8 Å². The van der Waals surface area contributed by atoms with E-state index in [2.05, 4.69) is 10.2 Å². The highest BCUT2D eigenvalue weighted by Gasteiger charge is 2.23. The van der Waals surface area contributed by atoms with Crippen LogP contribution in [0, 0.1) is 6.92 Å². The lowest BCUT2D eigenvalue weighted by Crippen LogP contribution is -2.51. The Morgan fingerprint density at radius 2 is 1.73 bits per heavy atom. The van der Waals surface area contributed by atoms with Crippen LogP contribution in [0.4, 0.5) is 0 Å². The molecule has 3 rings (SSSR count). The van der Waals surface area contributed by atoms with Crippen LogP contribution in [0.3, 0.4) is 0 Å². The molecule has 1 aliphatic heterocycles. The Balaban J connectivity index is 1.56. The summed E-state index contributed by atoms with van der Waals surface area (Å²) >= 11 is 0. The van der Waals surface area contributed by atoms with Crippen LogP contribution in [-0.2, 0) is 4.79 Å². The molecule has 1 N–H and O–H groups in total. The molecule has 1 saturated heterocycles. The minimum absolute atomic E-state index is 0.0323. The summed E-state index contributed by atoms with van der Waals surface area (Å²) in [7, 11) is 0. The standard InChI is InChI=1S/C20H25N3O3/c1-3-21-19(24)14-22-10-12-23(13-11-22)20(25)17-7-5-16(6-8-17)18-9-4-15(2)26-18/h4-9H,3,10-14H2,1-2H3,(H,21,24). The molecule has 0 unspecified atom stereocenters. The molecule has 0 atom stereocenters. The van der Waals surface area contributed by atoms with Gasteiger partial charge in [0, 0.05) is 43.9 Å². The van der Waals surface area contributed by atoms with Crippen LogP contribution < -0.4 is 5.32 Å². The molecule has 1 aromatic carbocycles. The first-order valence-corrected chi connectivity index (χ1v) is 9.02. The van der Waals surface area contributed by atoms with Gasteiger partial charge in [-0.1, -0.05) is 12.1 Å². The van der Waals surface area contributed by atoms with Crippen molar-refractivity contribution in [3.05, 3.63) is 47.7 Å². The van der Waals surface area contributed by atoms with Crippen molar-refractivity contribution < 1.29 is 14.0 Å². The van der Waals surface area contributed by atoms with Gasteiger partial charge >= 0.3 is 0 Å². The summed E-state index contributed by atoms with van der Waals surface area (Å²) in [4.78, 5) is 28.3. The second kappa shape index (κ2) is 8.19. The molecule has 2 amide bonds. The number of nitrogens with zero attached hydrogens (tertiary/aromatic N) is 2. The molecule has 1 fully saturated rings. The molecule has 138 valence electrons. The number of amides is 2. The van der Waals surface area contributed by atoms with Crippen molar-refractivity contribution in [2.75, 3.05) is 39.3 Å². The van der Waals surface area contributed by atoms with Crippen molar-refractivity contribution in [2.45, 2.75) is 13.8 Å². The van der Waals surface area contributed by atoms with Crippen molar-refractivity contribution in [2.24, 2.45) is 0 Å². The van der Waals surface area contributed by atoms with Gasteiger partial charge in [-0.25, -0.2) is 0 Å². The van der Waals surface area contributed by atoms with Gasteiger partial charge in [0.05, 0.1) is 6.54 Å². The summed E-state index contributed by atoms with van der Waals surface area (Å²) in [5.74, 6) is 1.74. The van der Waals surface area contributed by atoms with Gasteiger partial charge in [0.2, 0.25) is 5.91 Å². The van der Waals surface area contributed by atoms with Gasteiger partial charge in [0.15, 0.2) is 0 Å². The molecule has 2 aromatic rings. The largest absolute Gasteiger partial charge is 0.461 e. The summed E-state index contributed by atoms with van der Waals surface area (Å²) in [6, 6.07) is 11.4. The number of rotatable bonds is 5. The van der Waals surface area contributed by atoms with Gasteiger partial charge < -0.3 is 14.6 Å². The van der Waals surface area contributed by atoms with Crippen molar-refractivity contribution >= 4 is 11.8 Å². The number of nitrogens with one attached hydrogen (secondary N) is 1. The second-order valence-electron chi connectivity index (χ2n) is 6.51. The minimum Gasteiger partial charge on any atom is -0.461 e. The molecule has 1 aliphatic rings. The van der Waals surface area contributed by atoms with E-state index in [1.54, 1.807) is 0 Å². The third-order valence-electron chi connectivity index (χ3n) is 4.56. The van der Waals surface area contributed by atoms with Crippen molar-refractivity contribution in [3.63, 3.8) is 0 Å². The van der Waals surface area contributed by atoms with E-state index in [1.807, 2.05) is 55.1 Å². The van der Waals surface area contributed by atoms with Gasteiger partial charge in [-0.3, -0.25) is 14.5 Å². The van der Waals surface area contributed by atoms with Crippen LogP contribution in [0.5, 0.6) is 0 Å². The zero-order valence-electron chi connectivity index (χ0n) is 15.3. The number of carbonyl (C=O) groups is 2. The Morgan fingerprint density at radius 3 is 2.31 bits per heavy atom. The van der Waals surface area contributed by atoms with E-state index < -0.39 is 0 Å². The van der Waals surface area contributed by atoms with Gasteiger partial charge in [0.1, 0.15) is 11.5 Å². The number of likely N-dealkylation sites (N-methyl/N-ethyl adjacent to an activating group) is 1. The van der Waals surface area contributed by atoms with E-state index in [-0.39, 0.29) is 11.8 Å². The number of piperazine rings is 1. The fraction of sp³-hybridized carbons (Fsp3) is 0.400. The van der Waals surface area contributed by atoms with Gasteiger partial charge in [-0.15, -0.1) is 0 Å². The third-order valence-corrected chi connectivity index (χ3v) is 4.56. The van der Waals surface area contributed by atoms with E-state index in [9.17, 15) is 9.59 Å². The highest BCUT2D eigenvalue weighted by molar-refractivity contribution is 5.94. The molecular formula is C20H25N3O3. The third kappa shape index (κ3) is 4.32. The Morgan fingerprint density at radius 1 is 1.04 bits per heavy atom. The Labute approximate surface area is 153 Å². The average Bonchev–Trinajstić information content (AvgIpc) is 3.08. The smallest absolute Gasteiger partial charge is 0.253 e. The van der Waals surface area contributed by atoms with Crippen molar-refractivity contribution in [3.8, 4) is 11.3 Å². The van der Waals surface area contributed by atoms with Crippen molar-refractivity contribution in [1.82, 2.24) is 15.1 Å². The molecule has 6 nitrogen and oxygen atoms in total. The first kappa shape index (κ1) is 18.2. The second-order valence-corrected chi connectivity index (χ2v) is 6.51. The summed E-state index contributed by atoms with van der Waals surface area (Å²) < 4.78 is 5.61. The SMILES string of the molecule is CCNC(=O)CN1CCN(C(=O)c2ccc(-c3ccc(C)o3)cc2)CC1. The van der Waals surface area contributed by atoms with E-state index >= 15 is 0 Å². The van der Waals surface area contributed by atoms with Crippen LogP contribution in [0.2, 0.25) is 0 Å². The molecule has 0 aliphatic carbocycles. The van der Waals surface area contributed by atoms with Crippen molar-refractivity contribution in [1.29, 1.82) is 0 Å². The van der Waals surface area contributed by atoms with Crippen LogP contribution in [0.1, 0.15) is 23.0 Å². The fourth-order valence-electron chi connectivity index (χ4n) is 3.11.